The van der Waals surface area contributed by atoms with Gasteiger partial charge in [0.2, 0.25) is 0 Å². The second kappa shape index (κ2) is 10.4. The molecular formula is C18H27FIN7. The quantitative estimate of drug-likeness (QED) is 0.385. The number of hydrogen-bond acceptors (Lipinski definition) is 4. The summed E-state index contributed by atoms with van der Waals surface area (Å²) in [6.07, 6.45) is 3.64. The number of benzene rings is 1. The molecule has 2 heterocycles. The van der Waals surface area contributed by atoms with Gasteiger partial charge >= 0.3 is 0 Å². The van der Waals surface area contributed by atoms with Crippen LogP contribution in [-0.2, 0) is 13.6 Å². The van der Waals surface area contributed by atoms with Gasteiger partial charge in [0.15, 0.2) is 5.96 Å². The lowest BCUT2D eigenvalue weighted by molar-refractivity contribution is 0.467. The molecule has 1 unspecified atom stereocenters. The van der Waals surface area contributed by atoms with E-state index >= 15 is 0 Å². The summed E-state index contributed by atoms with van der Waals surface area (Å²) in [5, 5.41) is 10.8. The summed E-state index contributed by atoms with van der Waals surface area (Å²) in [6.45, 7) is 5.04. The fourth-order valence-corrected chi connectivity index (χ4v) is 3.13. The summed E-state index contributed by atoms with van der Waals surface area (Å²) >= 11 is 0. The number of hydrogen-bond donors (Lipinski definition) is 2. The van der Waals surface area contributed by atoms with E-state index < -0.39 is 0 Å². The van der Waals surface area contributed by atoms with E-state index in [9.17, 15) is 4.39 Å². The molecule has 1 aliphatic heterocycles. The molecule has 9 heteroatoms. The van der Waals surface area contributed by atoms with E-state index in [1.54, 1.807) is 16.8 Å². The zero-order chi connectivity index (χ0) is 18.4. The molecule has 1 aromatic heterocycles. The Bertz CT molecular complexity index is 749. The Labute approximate surface area is 176 Å². The van der Waals surface area contributed by atoms with Crippen LogP contribution in [0.4, 0.5) is 10.1 Å². The highest BCUT2D eigenvalue weighted by molar-refractivity contribution is 14.0. The average Bonchev–Trinajstić information content (AvgIpc) is 3.05. The predicted octanol–water partition coefficient (Wildman–Crippen LogP) is 2.30. The number of anilines is 1. The number of nitrogens with one attached hydrogen (secondary N) is 2. The van der Waals surface area contributed by atoms with E-state index in [0.29, 0.717) is 6.54 Å². The first-order valence-corrected chi connectivity index (χ1v) is 9.04. The van der Waals surface area contributed by atoms with Crippen molar-refractivity contribution in [3.63, 3.8) is 0 Å². The number of piperidine rings is 1. The monoisotopic (exact) mass is 487 g/mol. The third-order valence-electron chi connectivity index (χ3n) is 4.46. The molecule has 1 fully saturated rings. The Morgan fingerprint density at radius 3 is 2.96 bits per heavy atom. The van der Waals surface area contributed by atoms with Crippen molar-refractivity contribution < 1.29 is 4.39 Å². The molecule has 2 N–H and O–H groups in total. The number of aliphatic imine (C=N–C) groups is 1. The van der Waals surface area contributed by atoms with Crippen molar-refractivity contribution in [3.8, 4) is 0 Å². The molecule has 3 rings (SSSR count). The lowest BCUT2D eigenvalue weighted by atomic mass is 10.0. The van der Waals surface area contributed by atoms with Gasteiger partial charge in [-0.05, 0) is 38.0 Å². The second-order valence-electron chi connectivity index (χ2n) is 6.40. The van der Waals surface area contributed by atoms with Gasteiger partial charge in [-0.3, -0.25) is 4.68 Å². The van der Waals surface area contributed by atoms with Crippen molar-refractivity contribution in [1.82, 2.24) is 25.4 Å². The van der Waals surface area contributed by atoms with Crippen LogP contribution in [0.2, 0.25) is 0 Å². The lowest BCUT2D eigenvalue weighted by Crippen LogP contribution is -2.51. The molecule has 7 nitrogen and oxygen atoms in total. The van der Waals surface area contributed by atoms with Crippen molar-refractivity contribution in [2.24, 2.45) is 12.0 Å². The topological polar surface area (TPSA) is 70.4 Å². The van der Waals surface area contributed by atoms with Crippen LogP contribution in [0.3, 0.4) is 0 Å². The first kappa shape index (κ1) is 21.4. The van der Waals surface area contributed by atoms with Crippen molar-refractivity contribution in [3.05, 3.63) is 42.2 Å². The van der Waals surface area contributed by atoms with Gasteiger partial charge in [0.1, 0.15) is 24.5 Å². The fraction of sp³-hybridized carbons (Fsp3) is 0.500. The predicted molar refractivity (Wildman–Crippen MR) is 116 cm³/mol. The van der Waals surface area contributed by atoms with Crippen LogP contribution in [0.1, 0.15) is 25.6 Å². The normalized spacial score (nSPS) is 17.4. The number of rotatable bonds is 5. The van der Waals surface area contributed by atoms with E-state index in [1.165, 1.54) is 12.4 Å². The highest BCUT2D eigenvalue weighted by Crippen LogP contribution is 2.20. The summed E-state index contributed by atoms with van der Waals surface area (Å²) in [5.74, 6) is 1.38. The van der Waals surface area contributed by atoms with Gasteiger partial charge in [-0.2, -0.15) is 5.10 Å². The zero-order valence-corrected chi connectivity index (χ0v) is 18.1. The Balaban J connectivity index is 0.00000261. The Hall–Kier alpha value is -1.91. The van der Waals surface area contributed by atoms with E-state index in [1.807, 2.05) is 20.0 Å². The Kier molecular flexibility index (Phi) is 8.26. The maximum atomic E-state index is 13.5. The minimum atomic E-state index is -0.198. The van der Waals surface area contributed by atoms with Crippen LogP contribution >= 0.6 is 24.0 Å². The molecule has 1 aromatic carbocycles. The van der Waals surface area contributed by atoms with Crippen molar-refractivity contribution in [1.29, 1.82) is 0 Å². The maximum Gasteiger partial charge on any atom is 0.191 e. The molecule has 27 heavy (non-hydrogen) atoms. The Morgan fingerprint density at radius 1 is 1.41 bits per heavy atom. The SMILES string of the molecule is CCNC(=NCc1ncnn1C)NC1CCCN(c2cccc(F)c2)C1.I. The molecular weight excluding hydrogens is 460 g/mol. The van der Waals surface area contributed by atoms with Gasteiger partial charge in [0.25, 0.3) is 0 Å². The summed E-state index contributed by atoms with van der Waals surface area (Å²) in [4.78, 5) is 11.0. The van der Waals surface area contributed by atoms with Crippen LogP contribution in [0.5, 0.6) is 0 Å². The molecule has 0 spiro atoms. The van der Waals surface area contributed by atoms with Crippen molar-refractivity contribution in [2.45, 2.75) is 32.4 Å². The summed E-state index contributed by atoms with van der Waals surface area (Å²) in [5.41, 5.74) is 0.928. The van der Waals surface area contributed by atoms with Crippen LogP contribution in [0.15, 0.2) is 35.6 Å². The van der Waals surface area contributed by atoms with E-state index in [-0.39, 0.29) is 35.8 Å². The van der Waals surface area contributed by atoms with Gasteiger partial charge < -0.3 is 15.5 Å². The van der Waals surface area contributed by atoms with Crippen molar-refractivity contribution in [2.75, 3.05) is 24.5 Å². The number of nitrogens with zero attached hydrogens (tertiary/aromatic N) is 5. The standard InChI is InChI=1S/C18H26FN7.HI/c1-3-20-18(21-11-17-22-13-23-25(17)2)24-15-7-5-9-26(12-15)16-8-4-6-14(19)10-16;/h4,6,8,10,13,15H,3,5,7,9,11-12H2,1-2H3,(H2,20,21,24);1H. The third kappa shape index (κ3) is 6.05. The smallest absolute Gasteiger partial charge is 0.191 e. The highest BCUT2D eigenvalue weighted by Gasteiger charge is 2.21. The number of aryl methyl sites for hydroxylation is 1. The molecule has 0 aliphatic carbocycles. The molecule has 0 saturated carbocycles. The molecule has 0 bridgehead atoms. The maximum absolute atomic E-state index is 13.5. The first-order valence-electron chi connectivity index (χ1n) is 9.04. The van der Waals surface area contributed by atoms with E-state index in [0.717, 1.165) is 49.9 Å². The van der Waals surface area contributed by atoms with E-state index in [4.69, 9.17) is 0 Å². The van der Waals surface area contributed by atoms with Crippen LogP contribution in [0.25, 0.3) is 0 Å². The van der Waals surface area contributed by atoms with Gasteiger partial charge in [0.05, 0.1) is 0 Å². The van der Waals surface area contributed by atoms with Gasteiger partial charge in [-0.15, -0.1) is 24.0 Å². The van der Waals surface area contributed by atoms with Crippen LogP contribution in [0, 0.1) is 5.82 Å². The summed E-state index contributed by atoms with van der Waals surface area (Å²) < 4.78 is 15.2. The summed E-state index contributed by atoms with van der Waals surface area (Å²) in [6, 6.07) is 7.04. The minimum absolute atomic E-state index is 0. The molecule has 0 amide bonds. The fourth-order valence-electron chi connectivity index (χ4n) is 3.13. The van der Waals surface area contributed by atoms with Gasteiger partial charge in [-0.25, -0.2) is 14.4 Å². The molecule has 148 valence electrons. The third-order valence-corrected chi connectivity index (χ3v) is 4.46. The summed E-state index contributed by atoms with van der Waals surface area (Å²) in [7, 11) is 1.86. The largest absolute Gasteiger partial charge is 0.369 e. The molecule has 1 aliphatic rings. The zero-order valence-electron chi connectivity index (χ0n) is 15.7. The molecule has 0 radical (unpaired) electrons. The first-order chi connectivity index (χ1) is 12.7. The van der Waals surface area contributed by atoms with Crippen molar-refractivity contribution >= 4 is 35.6 Å². The highest BCUT2D eigenvalue weighted by atomic mass is 127. The van der Waals surface area contributed by atoms with E-state index in [2.05, 4.69) is 30.6 Å². The van der Waals surface area contributed by atoms with Gasteiger partial charge in [-0.1, -0.05) is 6.07 Å². The lowest BCUT2D eigenvalue weighted by Gasteiger charge is -2.35. The minimum Gasteiger partial charge on any atom is -0.369 e. The Morgan fingerprint density at radius 2 is 2.26 bits per heavy atom. The average molecular weight is 487 g/mol. The second-order valence-corrected chi connectivity index (χ2v) is 6.40. The molecule has 2 aromatic rings. The van der Waals surface area contributed by atoms with Crippen LogP contribution < -0.4 is 15.5 Å². The van der Waals surface area contributed by atoms with Crippen LogP contribution in [-0.4, -0.2) is 46.4 Å². The van der Waals surface area contributed by atoms with Gasteiger partial charge in [0, 0.05) is 38.4 Å². The number of guanidine groups is 1. The number of aromatic nitrogens is 3. The number of halogens is 2. The molecule has 1 atom stereocenters. The molecule has 1 saturated heterocycles.